The van der Waals surface area contributed by atoms with Crippen molar-refractivity contribution >= 4 is 5.82 Å². The van der Waals surface area contributed by atoms with Gasteiger partial charge in [-0.1, -0.05) is 0 Å². The van der Waals surface area contributed by atoms with Crippen LogP contribution < -0.4 is 10.9 Å². The van der Waals surface area contributed by atoms with Crippen molar-refractivity contribution in [2.24, 2.45) is 0 Å². The number of aromatic nitrogens is 2. The molecule has 1 heterocycles. The second-order valence-corrected chi connectivity index (χ2v) is 4.89. The lowest BCUT2D eigenvalue weighted by molar-refractivity contribution is 0.233. The SMILES string of the molecule is CC(C)(CO)Nc1nccn(C2CC2)c1=O. The highest BCUT2D eigenvalue weighted by Crippen LogP contribution is 2.33. The highest BCUT2D eigenvalue weighted by atomic mass is 16.3. The van der Waals surface area contributed by atoms with E-state index in [2.05, 4.69) is 10.3 Å². The predicted octanol–water partition coefficient (Wildman–Crippen LogP) is 0.761. The zero-order valence-electron chi connectivity index (χ0n) is 9.60. The Bertz CT molecular complexity index is 435. The summed E-state index contributed by atoms with van der Waals surface area (Å²) in [5.74, 6) is 0.313. The van der Waals surface area contributed by atoms with Gasteiger partial charge < -0.3 is 15.0 Å². The first-order valence-corrected chi connectivity index (χ1v) is 5.50. The maximum Gasteiger partial charge on any atom is 0.293 e. The van der Waals surface area contributed by atoms with Crippen molar-refractivity contribution in [2.45, 2.75) is 38.3 Å². The summed E-state index contributed by atoms with van der Waals surface area (Å²) in [5, 5.41) is 12.1. The molecule has 0 bridgehead atoms. The summed E-state index contributed by atoms with van der Waals surface area (Å²) >= 11 is 0. The Morgan fingerprint density at radius 2 is 2.31 bits per heavy atom. The molecule has 0 saturated heterocycles. The first-order valence-electron chi connectivity index (χ1n) is 5.50. The van der Waals surface area contributed by atoms with E-state index in [1.165, 1.54) is 0 Å². The van der Waals surface area contributed by atoms with Gasteiger partial charge >= 0.3 is 0 Å². The summed E-state index contributed by atoms with van der Waals surface area (Å²) in [6.45, 7) is 3.59. The third-order valence-corrected chi connectivity index (χ3v) is 2.66. The molecule has 5 nitrogen and oxygen atoms in total. The van der Waals surface area contributed by atoms with E-state index in [1.807, 2.05) is 13.8 Å². The van der Waals surface area contributed by atoms with Gasteiger partial charge in [0.2, 0.25) is 0 Å². The van der Waals surface area contributed by atoms with Gasteiger partial charge in [0.15, 0.2) is 5.82 Å². The van der Waals surface area contributed by atoms with Gasteiger partial charge in [-0.05, 0) is 26.7 Å². The molecule has 0 atom stereocenters. The second-order valence-electron chi connectivity index (χ2n) is 4.89. The summed E-state index contributed by atoms with van der Waals surface area (Å²) in [5.41, 5.74) is -0.638. The standard InChI is InChI=1S/C11H17N3O2/c1-11(2,7-15)13-9-10(16)14(6-5-12-9)8-3-4-8/h5-6,8,15H,3-4,7H2,1-2H3,(H,12,13). The van der Waals surface area contributed by atoms with Crippen LogP contribution in [0.2, 0.25) is 0 Å². The molecule has 1 fully saturated rings. The van der Waals surface area contributed by atoms with E-state index in [4.69, 9.17) is 5.11 Å². The lowest BCUT2D eigenvalue weighted by Crippen LogP contribution is -2.38. The zero-order chi connectivity index (χ0) is 11.8. The quantitative estimate of drug-likeness (QED) is 0.791. The molecule has 88 valence electrons. The van der Waals surface area contributed by atoms with Gasteiger partial charge in [-0.25, -0.2) is 4.98 Å². The van der Waals surface area contributed by atoms with Crippen LogP contribution in [0, 0.1) is 0 Å². The zero-order valence-corrected chi connectivity index (χ0v) is 9.60. The third kappa shape index (κ3) is 2.24. The van der Waals surface area contributed by atoms with Crippen LogP contribution in [-0.2, 0) is 0 Å². The largest absolute Gasteiger partial charge is 0.394 e. The van der Waals surface area contributed by atoms with E-state index >= 15 is 0 Å². The minimum absolute atomic E-state index is 0.0492. The van der Waals surface area contributed by atoms with E-state index in [0.717, 1.165) is 12.8 Å². The molecule has 16 heavy (non-hydrogen) atoms. The molecular weight excluding hydrogens is 206 g/mol. The average Bonchev–Trinajstić information content (AvgIpc) is 3.05. The maximum absolute atomic E-state index is 12.0. The number of rotatable bonds is 4. The van der Waals surface area contributed by atoms with E-state index in [0.29, 0.717) is 11.9 Å². The summed E-state index contributed by atoms with van der Waals surface area (Å²) in [6.07, 6.45) is 5.46. The number of hydrogen-bond donors (Lipinski definition) is 2. The Labute approximate surface area is 94.1 Å². The molecule has 1 aromatic rings. The van der Waals surface area contributed by atoms with Crippen molar-refractivity contribution in [1.29, 1.82) is 0 Å². The molecule has 0 aromatic carbocycles. The fourth-order valence-corrected chi connectivity index (χ4v) is 1.51. The van der Waals surface area contributed by atoms with Crippen LogP contribution >= 0.6 is 0 Å². The Hall–Kier alpha value is -1.36. The van der Waals surface area contributed by atoms with Crippen LogP contribution in [0.1, 0.15) is 32.7 Å². The van der Waals surface area contributed by atoms with E-state index < -0.39 is 5.54 Å². The minimum Gasteiger partial charge on any atom is -0.394 e. The molecular formula is C11H17N3O2. The molecule has 1 aromatic heterocycles. The topological polar surface area (TPSA) is 67.2 Å². The summed E-state index contributed by atoms with van der Waals surface area (Å²) in [6, 6.07) is 0.341. The normalized spacial score (nSPS) is 16.2. The molecule has 5 heteroatoms. The van der Waals surface area contributed by atoms with Gasteiger partial charge in [0.05, 0.1) is 12.1 Å². The smallest absolute Gasteiger partial charge is 0.293 e. The van der Waals surface area contributed by atoms with Gasteiger partial charge in [0, 0.05) is 18.4 Å². The van der Waals surface area contributed by atoms with Crippen LogP contribution in [0.3, 0.4) is 0 Å². The van der Waals surface area contributed by atoms with Crippen molar-refractivity contribution in [3.63, 3.8) is 0 Å². The Balaban J connectivity index is 2.28. The number of nitrogens with one attached hydrogen (secondary N) is 1. The van der Waals surface area contributed by atoms with E-state index in [-0.39, 0.29) is 12.2 Å². The molecule has 1 aliphatic carbocycles. The van der Waals surface area contributed by atoms with Gasteiger partial charge in [0.25, 0.3) is 5.56 Å². The fourth-order valence-electron chi connectivity index (χ4n) is 1.51. The molecule has 1 aliphatic rings. The van der Waals surface area contributed by atoms with Gasteiger partial charge in [-0.3, -0.25) is 4.79 Å². The molecule has 0 unspecified atom stereocenters. The van der Waals surface area contributed by atoms with Crippen molar-refractivity contribution in [1.82, 2.24) is 9.55 Å². The minimum atomic E-state index is -0.533. The van der Waals surface area contributed by atoms with E-state index in [1.54, 1.807) is 17.0 Å². The number of aliphatic hydroxyl groups excluding tert-OH is 1. The van der Waals surface area contributed by atoms with Crippen molar-refractivity contribution in [3.8, 4) is 0 Å². The van der Waals surface area contributed by atoms with Crippen LogP contribution in [0.15, 0.2) is 17.2 Å². The monoisotopic (exact) mass is 223 g/mol. The highest BCUT2D eigenvalue weighted by Gasteiger charge is 2.26. The molecule has 0 spiro atoms. The fraction of sp³-hybridized carbons (Fsp3) is 0.636. The van der Waals surface area contributed by atoms with E-state index in [9.17, 15) is 4.79 Å². The van der Waals surface area contributed by atoms with Gasteiger partial charge in [-0.15, -0.1) is 0 Å². The van der Waals surface area contributed by atoms with Crippen LogP contribution in [0.25, 0.3) is 0 Å². The maximum atomic E-state index is 12.0. The van der Waals surface area contributed by atoms with Crippen LogP contribution in [0.4, 0.5) is 5.82 Å². The van der Waals surface area contributed by atoms with Crippen molar-refractivity contribution in [2.75, 3.05) is 11.9 Å². The summed E-state index contributed by atoms with van der Waals surface area (Å²) in [7, 11) is 0. The number of anilines is 1. The number of hydrogen-bond acceptors (Lipinski definition) is 4. The van der Waals surface area contributed by atoms with Crippen molar-refractivity contribution in [3.05, 3.63) is 22.7 Å². The van der Waals surface area contributed by atoms with Crippen LogP contribution in [0.5, 0.6) is 0 Å². The Morgan fingerprint density at radius 1 is 1.62 bits per heavy atom. The first kappa shape index (κ1) is 11.1. The van der Waals surface area contributed by atoms with Crippen molar-refractivity contribution < 1.29 is 5.11 Å². The second kappa shape index (κ2) is 3.90. The highest BCUT2D eigenvalue weighted by molar-refractivity contribution is 5.34. The molecule has 0 radical (unpaired) electrons. The molecule has 2 rings (SSSR count). The first-order chi connectivity index (χ1) is 7.53. The summed E-state index contributed by atoms with van der Waals surface area (Å²) < 4.78 is 1.71. The lowest BCUT2D eigenvalue weighted by Gasteiger charge is -2.23. The van der Waals surface area contributed by atoms with Gasteiger partial charge in [-0.2, -0.15) is 0 Å². The average molecular weight is 223 g/mol. The summed E-state index contributed by atoms with van der Waals surface area (Å²) in [4.78, 5) is 16.0. The lowest BCUT2D eigenvalue weighted by atomic mass is 10.1. The Kier molecular flexibility index (Phi) is 2.71. The third-order valence-electron chi connectivity index (χ3n) is 2.66. The molecule has 0 amide bonds. The number of nitrogens with zero attached hydrogens (tertiary/aromatic N) is 2. The number of aliphatic hydroxyl groups is 1. The molecule has 0 aliphatic heterocycles. The van der Waals surface area contributed by atoms with Gasteiger partial charge in [0.1, 0.15) is 0 Å². The predicted molar refractivity (Wildman–Crippen MR) is 61.6 cm³/mol. The molecule has 2 N–H and O–H groups in total. The Morgan fingerprint density at radius 3 is 2.88 bits per heavy atom. The van der Waals surface area contributed by atoms with Crippen LogP contribution in [-0.4, -0.2) is 26.8 Å². The molecule has 1 saturated carbocycles.